The van der Waals surface area contributed by atoms with E-state index in [2.05, 4.69) is 0 Å². The molecule has 0 N–H and O–H groups in total. The molecule has 0 saturated carbocycles. The highest BCUT2D eigenvalue weighted by molar-refractivity contribution is 6.09. The molecule has 3 nitrogen and oxygen atoms in total. The lowest BCUT2D eigenvalue weighted by Gasteiger charge is -2.07. The first-order valence-corrected chi connectivity index (χ1v) is 9.69. The van der Waals surface area contributed by atoms with Gasteiger partial charge in [-0.1, -0.05) is 57.5 Å². The Morgan fingerprint density at radius 1 is 0.607 bits per heavy atom. The third-order valence-electron chi connectivity index (χ3n) is 3.73. The van der Waals surface area contributed by atoms with Crippen LogP contribution in [0.4, 0.5) is 0 Å². The molecular weight excluding hydrogens is 348 g/mol. The van der Waals surface area contributed by atoms with E-state index < -0.39 is 0 Å². The van der Waals surface area contributed by atoms with Crippen LogP contribution in [0.3, 0.4) is 0 Å². The summed E-state index contributed by atoms with van der Waals surface area (Å²) in [4.78, 5) is 12.4. The zero-order valence-electron chi connectivity index (χ0n) is 17.7. The lowest BCUT2D eigenvalue weighted by atomic mass is 10.0. The van der Waals surface area contributed by atoms with Crippen LogP contribution in [-0.4, -0.2) is 12.9 Å². The van der Waals surface area contributed by atoms with Gasteiger partial charge >= 0.3 is 0 Å². The van der Waals surface area contributed by atoms with E-state index >= 15 is 0 Å². The maximum atomic E-state index is 12.4. The average molecular weight is 379 g/mol. The number of hydrogen-bond donors (Lipinski definition) is 0. The molecule has 0 unspecified atom stereocenters. The Labute approximate surface area is 169 Å². The Morgan fingerprint density at radius 3 is 1.39 bits per heavy atom. The first kappa shape index (κ1) is 23.0. The molecule has 148 valence electrons. The van der Waals surface area contributed by atoms with Crippen LogP contribution in [0.15, 0.2) is 72.8 Å². The summed E-state index contributed by atoms with van der Waals surface area (Å²) in [7, 11) is 1.62. The van der Waals surface area contributed by atoms with E-state index in [1.54, 1.807) is 31.4 Å². The molecule has 0 heterocycles. The largest absolute Gasteiger partial charge is 0.497 e. The van der Waals surface area contributed by atoms with E-state index in [1.165, 1.54) is 0 Å². The highest BCUT2D eigenvalue weighted by atomic mass is 16.5. The van der Waals surface area contributed by atoms with Crippen molar-refractivity contribution in [2.75, 3.05) is 7.11 Å². The van der Waals surface area contributed by atoms with Crippen LogP contribution >= 0.6 is 0 Å². The van der Waals surface area contributed by atoms with Gasteiger partial charge in [0.15, 0.2) is 5.78 Å². The van der Waals surface area contributed by atoms with Gasteiger partial charge < -0.3 is 9.47 Å². The van der Waals surface area contributed by atoms with Gasteiger partial charge in [0.1, 0.15) is 17.2 Å². The second-order valence-corrected chi connectivity index (χ2v) is 5.50. The molecule has 28 heavy (non-hydrogen) atoms. The van der Waals surface area contributed by atoms with Gasteiger partial charge in [0.2, 0.25) is 0 Å². The van der Waals surface area contributed by atoms with Crippen molar-refractivity contribution in [3.63, 3.8) is 0 Å². The highest BCUT2D eigenvalue weighted by Crippen LogP contribution is 2.24. The quantitative estimate of drug-likeness (QED) is 0.445. The predicted octanol–water partition coefficient (Wildman–Crippen LogP) is 7.08. The number of carbonyl (C=O) groups excluding carboxylic acids is 1. The summed E-state index contributed by atoms with van der Waals surface area (Å²) in [5.41, 5.74) is 2.46. The van der Waals surface area contributed by atoms with Crippen molar-refractivity contribution in [1.82, 2.24) is 0 Å². The van der Waals surface area contributed by atoms with E-state index in [4.69, 9.17) is 9.47 Å². The molecule has 0 aliphatic carbocycles. The molecule has 3 rings (SSSR count). The van der Waals surface area contributed by atoms with Crippen LogP contribution < -0.4 is 9.47 Å². The zero-order valence-corrected chi connectivity index (χ0v) is 17.7. The van der Waals surface area contributed by atoms with Crippen LogP contribution in [0, 0.1) is 6.92 Å². The van der Waals surface area contributed by atoms with Crippen LogP contribution in [-0.2, 0) is 0 Å². The first-order valence-electron chi connectivity index (χ1n) is 9.69. The minimum atomic E-state index is 0.00555. The third-order valence-corrected chi connectivity index (χ3v) is 3.73. The molecule has 3 aromatic rings. The maximum absolute atomic E-state index is 12.4. The van der Waals surface area contributed by atoms with Gasteiger partial charge in [-0.15, -0.1) is 0 Å². The van der Waals surface area contributed by atoms with E-state index in [0.29, 0.717) is 22.6 Å². The van der Waals surface area contributed by atoms with Crippen molar-refractivity contribution in [2.45, 2.75) is 34.6 Å². The van der Waals surface area contributed by atoms with Gasteiger partial charge in [-0.2, -0.15) is 0 Å². The molecule has 0 aromatic heterocycles. The molecule has 3 aromatic carbocycles. The smallest absolute Gasteiger partial charge is 0.193 e. The normalized spacial score (nSPS) is 9.21. The lowest BCUT2D eigenvalue weighted by molar-refractivity contribution is 0.103. The fraction of sp³-hybridized carbons (Fsp3) is 0.240. The van der Waals surface area contributed by atoms with E-state index in [1.807, 2.05) is 83.1 Å². The average Bonchev–Trinajstić information content (AvgIpc) is 2.78. The molecule has 0 bridgehead atoms. The Balaban J connectivity index is 0.000000921. The highest BCUT2D eigenvalue weighted by Gasteiger charge is 2.09. The second kappa shape index (κ2) is 12.3. The summed E-state index contributed by atoms with van der Waals surface area (Å²) in [6.45, 7) is 10.00. The number of rotatable bonds is 5. The van der Waals surface area contributed by atoms with Crippen LogP contribution in [0.2, 0.25) is 0 Å². The zero-order chi connectivity index (χ0) is 20.9. The Bertz CT molecular complexity index is 817. The molecule has 0 aliphatic heterocycles. The lowest BCUT2D eigenvalue weighted by Crippen LogP contribution is -2.00. The molecule has 3 heteroatoms. The second-order valence-electron chi connectivity index (χ2n) is 5.50. The van der Waals surface area contributed by atoms with Gasteiger partial charge in [-0.3, -0.25) is 4.79 Å². The van der Waals surface area contributed by atoms with Crippen LogP contribution in [0.25, 0.3) is 0 Å². The number of ketones is 1. The van der Waals surface area contributed by atoms with Crippen molar-refractivity contribution >= 4 is 5.78 Å². The van der Waals surface area contributed by atoms with Crippen molar-refractivity contribution in [1.29, 1.82) is 0 Å². The standard InChI is InChI=1S/C21H18O3.2C2H6/c1-15-3-5-16(6-4-15)21(22)17-7-9-19(10-8-17)24-20-13-11-18(23-2)12-14-20;2*1-2/h3-14H,1-2H3;2*1-2H3. The van der Waals surface area contributed by atoms with Gasteiger partial charge in [0, 0.05) is 11.1 Å². The van der Waals surface area contributed by atoms with Crippen molar-refractivity contribution in [2.24, 2.45) is 0 Å². The number of carbonyl (C=O) groups is 1. The van der Waals surface area contributed by atoms with Crippen LogP contribution in [0.1, 0.15) is 49.2 Å². The minimum absolute atomic E-state index is 0.00555. The number of ether oxygens (including phenoxy) is 2. The van der Waals surface area contributed by atoms with Crippen molar-refractivity contribution < 1.29 is 14.3 Å². The Hall–Kier alpha value is -3.07. The molecule has 0 spiro atoms. The molecule has 0 atom stereocenters. The maximum Gasteiger partial charge on any atom is 0.193 e. The summed E-state index contributed by atoms with van der Waals surface area (Å²) >= 11 is 0. The van der Waals surface area contributed by atoms with E-state index in [0.717, 1.165) is 11.3 Å². The van der Waals surface area contributed by atoms with Crippen molar-refractivity contribution in [3.8, 4) is 17.2 Å². The molecule has 0 amide bonds. The Morgan fingerprint density at radius 2 is 0.964 bits per heavy atom. The van der Waals surface area contributed by atoms with Gasteiger partial charge in [0.05, 0.1) is 7.11 Å². The molecular formula is C25H30O3. The number of hydrogen-bond acceptors (Lipinski definition) is 3. The summed E-state index contributed by atoms with van der Waals surface area (Å²) in [6.07, 6.45) is 0. The van der Waals surface area contributed by atoms with E-state index in [9.17, 15) is 4.79 Å². The summed E-state index contributed by atoms with van der Waals surface area (Å²) in [5.74, 6) is 2.18. The third kappa shape index (κ3) is 6.58. The Kier molecular flexibility index (Phi) is 10.1. The predicted molar refractivity (Wildman–Crippen MR) is 117 cm³/mol. The van der Waals surface area contributed by atoms with Gasteiger partial charge in [-0.25, -0.2) is 0 Å². The van der Waals surface area contributed by atoms with E-state index in [-0.39, 0.29) is 5.78 Å². The van der Waals surface area contributed by atoms with Crippen molar-refractivity contribution in [3.05, 3.63) is 89.5 Å². The van der Waals surface area contributed by atoms with Crippen LogP contribution in [0.5, 0.6) is 17.2 Å². The minimum Gasteiger partial charge on any atom is -0.497 e. The van der Waals surface area contributed by atoms with Gasteiger partial charge in [0.25, 0.3) is 0 Å². The first-order chi connectivity index (χ1) is 13.7. The van der Waals surface area contributed by atoms with Gasteiger partial charge in [-0.05, 0) is 55.5 Å². The molecule has 0 radical (unpaired) electrons. The number of methoxy groups -OCH3 is 1. The number of benzene rings is 3. The molecule has 0 fully saturated rings. The summed E-state index contributed by atoms with van der Waals surface area (Å²) in [5, 5.41) is 0. The SMILES string of the molecule is CC.CC.COc1ccc(Oc2ccc(C(=O)c3ccc(C)cc3)cc2)cc1. The fourth-order valence-corrected chi connectivity index (χ4v) is 2.33. The monoisotopic (exact) mass is 378 g/mol. The molecule has 0 aliphatic rings. The topological polar surface area (TPSA) is 35.5 Å². The molecule has 0 saturated heterocycles. The fourth-order valence-electron chi connectivity index (χ4n) is 2.33. The number of aryl methyl sites for hydroxylation is 1. The summed E-state index contributed by atoms with van der Waals surface area (Å²) < 4.78 is 10.9. The summed E-state index contributed by atoms with van der Waals surface area (Å²) in [6, 6.07) is 22.1.